The number of ether oxygens (including phenoxy) is 5. The van der Waals surface area contributed by atoms with Crippen molar-refractivity contribution in [1.29, 1.82) is 0 Å². The van der Waals surface area contributed by atoms with Crippen LogP contribution in [0.25, 0.3) is 0 Å². The van der Waals surface area contributed by atoms with Crippen LogP contribution in [0.4, 0.5) is 0 Å². The number of methoxy groups -OCH3 is 2. The van der Waals surface area contributed by atoms with Crippen LogP contribution in [-0.2, 0) is 25.7 Å². The summed E-state index contributed by atoms with van der Waals surface area (Å²) in [6.45, 7) is 1.81. The summed E-state index contributed by atoms with van der Waals surface area (Å²) >= 11 is 0. The van der Waals surface area contributed by atoms with Crippen LogP contribution in [0, 0.1) is 0 Å². The van der Waals surface area contributed by atoms with Gasteiger partial charge in [0, 0.05) is 30.7 Å². The van der Waals surface area contributed by atoms with Gasteiger partial charge < -0.3 is 28.8 Å². The van der Waals surface area contributed by atoms with E-state index in [1.807, 2.05) is 24.3 Å². The Morgan fingerprint density at radius 1 is 0.682 bits per heavy atom. The Morgan fingerprint density at radius 2 is 1.39 bits per heavy atom. The molecule has 8 nitrogen and oxygen atoms in total. The predicted molar refractivity (Wildman–Crippen MR) is 166 cm³/mol. The first-order chi connectivity index (χ1) is 21.4. The third-order valence-corrected chi connectivity index (χ3v) is 9.78. The van der Waals surface area contributed by atoms with Gasteiger partial charge in [0.25, 0.3) is 0 Å². The largest absolute Gasteiger partial charge is 0.504 e. The van der Waals surface area contributed by atoms with E-state index >= 15 is 0 Å². The van der Waals surface area contributed by atoms with Crippen molar-refractivity contribution in [3.63, 3.8) is 0 Å². The minimum absolute atomic E-state index is 0.0115. The Morgan fingerprint density at radius 3 is 2.16 bits per heavy atom. The van der Waals surface area contributed by atoms with Gasteiger partial charge in [0.05, 0.1) is 14.2 Å². The Balaban J connectivity index is 1.34. The number of fused-ring (bicyclic) bond motifs is 2. The fourth-order valence-corrected chi connectivity index (χ4v) is 7.27. The summed E-state index contributed by atoms with van der Waals surface area (Å²) in [4.78, 5) is 4.73. The van der Waals surface area contributed by atoms with Crippen molar-refractivity contribution in [2.45, 2.75) is 37.8 Å². The van der Waals surface area contributed by atoms with Gasteiger partial charge in [0.2, 0.25) is 11.5 Å². The summed E-state index contributed by atoms with van der Waals surface area (Å²) in [5.74, 6) is 5.01. The molecular weight excluding hydrogens is 556 g/mol. The van der Waals surface area contributed by atoms with Crippen LogP contribution in [0.15, 0.2) is 54.6 Å². The van der Waals surface area contributed by atoms with Crippen molar-refractivity contribution in [2.75, 3.05) is 41.4 Å². The summed E-state index contributed by atoms with van der Waals surface area (Å²) in [7, 11) is 7.58. The van der Waals surface area contributed by atoms with Crippen LogP contribution in [0.5, 0.6) is 51.7 Å². The molecule has 226 valence electrons. The van der Waals surface area contributed by atoms with Gasteiger partial charge in [-0.1, -0.05) is 18.2 Å². The number of phenols is 1. The van der Waals surface area contributed by atoms with Crippen molar-refractivity contribution in [3.8, 4) is 51.7 Å². The highest BCUT2D eigenvalue weighted by molar-refractivity contribution is 5.68. The lowest BCUT2D eigenvalue weighted by Crippen LogP contribution is -2.34. The molecule has 0 saturated heterocycles. The van der Waals surface area contributed by atoms with Crippen LogP contribution in [0.2, 0.25) is 0 Å². The molecule has 8 heteroatoms. The second-order valence-corrected chi connectivity index (χ2v) is 12.3. The Bertz CT molecular complexity index is 1790. The highest BCUT2D eigenvalue weighted by atomic mass is 16.6. The maximum absolute atomic E-state index is 11.5. The van der Waals surface area contributed by atoms with E-state index < -0.39 is 0 Å². The van der Waals surface area contributed by atoms with Crippen molar-refractivity contribution in [1.82, 2.24) is 9.80 Å². The van der Waals surface area contributed by atoms with E-state index in [1.165, 1.54) is 16.7 Å². The number of aromatic hydroxyl groups is 1. The topological polar surface area (TPSA) is 72.9 Å². The second kappa shape index (κ2) is 10.4. The number of likely N-dealkylation sites (N-methyl/N-ethyl adjacent to an activating group) is 2. The highest BCUT2D eigenvalue weighted by Crippen LogP contribution is 2.57. The van der Waals surface area contributed by atoms with E-state index in [0.29, 0.717) is 46.7 Å². The number of benzene rings is 4. The van der Waals surface area contributed by atoms with Gasteiger partial charge in [-0.25, -0.2) is 0 Å². The molecule has 2 atom stereocenters. The third kappa shape index (κ3) is 4.27. The van der Waals surface area contributed by atoms with Gasteiger partial charge in [-0.3, -0.25) is 9.80 Å². The van der Waals surface area contributed by atoms with Crippen molar-refractivity contribution in [3.05, 3.63) is 88.0 Å². The molecule has 4 aromatic carbocycles. The van der Waals surface area contributed by atoms with E-state index in [0.717, 1.165) is 54.8 Å². The van der Waals surface area contributed by atoms with Gasteiger partial charge in [0.1, 0.15) is 5.75 Å². The Hall–Kier alpha value is -4.40. The zero-order chi connectivity index (χ0) is 30.1. The number of phenolic OH excluding ortho intramolecular Hbond substituents is 1. The Labute approximate surface area is 257 Å². The molecule has 5 heterocycles. The molecule has 7 bridgehead atoms. The lowest BCUT2D eigenvalue weighted by Gasteiger charge is -2.39. The number of hydrogen-bond donors (Lipinski definition) is 1. The average Bonchev–Trinajstić information content (AvgIpc) is 3.03. The first-order valence-corrected chi connectivity index (χ1v) is 15.2. The minimum atomic E-state index is 0.0115. The monoisotopic (exact) mass is 592 g/mol. The van der Waals surface area contributed by atoms with E-state index in [9.17, 15) is 5.11 Å². The summed E-state index contributed by atoms with van der Waals surface area (Å²) in [5, 5.41) is 11.5. The van der Waals surface area contributed by atoms with Gasteiger partial charge in [-0.2, -0.15) is 0 Å². The molecule has 5 aliphatic rings. The van der Waals surface area contributed by atoms with E-state index in [2.05, 4.69) is 54.2 Å². The van der Waals surface area contributed by atoms with Crippen LogP contribution in [0.1, 0.15) is 45.5 Å². The maximum Gasteiger partial charge on any atom is 0.212 e. The molecule has 0 fully saturated rings. The molecule has 4 aromatic rings. The zero-order valence-corrected chi connectivity index (χ0v) is 25.5. The molecule has 5 aliphatic heterocycles. The lowest BCUT2D eigenvalue weighted by atomic mass is 9.86. The van der Waals surface area contributed by atoms with E-state index in [4.69, 9.17) is 23.7 Å². The molecule has 9 rings (SSSR count). The predicted octanol–water partition coefficient (Wildman–Crippen LogP) is 6.96. The molecule has 44 heavy (non-hydrogen) atoms. The molecule has 0 aromatic heterocycles. The SMILES string of the molecule is COc1ccc2c(O)c1Oc1ccc(cc1)CC1c3c(cc(OC)c4c3Oc3cc5c(cc3O4)CCN(C)C5C2)CCN1C. The summed E-state index contributed by atoms with van der Waals surface area (Å²) in [6, 6.07) is 18.3. The normalized spacial score (nSPS) is 20.2. The molecule has 0 radical (unpaired) electrons. The fourth-order valence-electron chi connectivity index (χ4n) is 7.27. The van der Waals surface area contributed by atoms with Crippen LogP contribution < -0.4 is 23.7 Å². The van der Waals surface area contributed by atoms with E-state index in [1.54, 1.807) is 14.2 Å². The van der Waals surface area contributed by atoms with Crippen molar-refractivity contribution in [2.24, 2.45) is 0 Å². The number of nitrogens with zero attached hydrogens (tertiary/aromatic N) is 2. The van der Waals surface area contributed by atoms with Crippen LogP contribution in [0.3, 0.4) is 0 Å². The highest BCUT2D eigenvalue weighted by Gasteiger charge is 2.37. The number of hydrogen-bond acceptors (Lipinski definition) is 8. The molecule has 1 N–H and O–H groups in total. The first kappa shape index (κ1) is 27.2. The smallest absolute Gasteiger partial charge is 0.212 e. The molecule has 2 unspecified atom stereocenters. The van der Waals surface area contributed by atoms with Gasteiger partial charge in [0.15, 0.2) is 34.5 Å². The first-order valence-electron chi connectivity index (χ1n) is 15.2. The second-order valence-electron chi connectivity index (χ2n) is 12.3. The van der Waals surface area contributed by atoms with Crippen LogP contribution >= 0.6 is 0 Å². The van der Waals surface area contributed by atoms with Crippen molar-refractivity contribution < 1.29 is 28.8 Å². The Kier molecular flexibility index (Phi) is 6.39. The van der Waals surface area contributed by atoms with Crippen LogP contribution in [-0.4, -0.2) is 56.3 Å². The van der Waals surface area contributed by atoms with Crippen molar-refractivity contribution >= 4 is 0 Å². The number of rotatable bonds is 2. The average molecular weight is 593 g/mol. The van der Waals surface area contributed by atoms with Gasteiger partial charge in [-0.15, -0.1) is 0 Å². The fraction of sp³-hybridized carbons (Fsp3) is 0.333. The lowest BCUT2D eigenvalue weighted by molar-refractivity contribution is 0.218. The quantitative estimate of drug-likeness (QED) is 0.236. The van der Waals surface area contributed by atoms with Gasteiger partial charge in [-0.05, 0) is 104 Å². The van der Waals surface area contributed by atoms with E-state index in [-0.39, 0.29) is 17.8 Å². The molecule has 0 aliphatic carbocycles. The molecule has 0 spiro atoms. The molecule has 0 amide bonds. The minimum Gasteiger partial charge on any atom is -0.504 e. The molecular formula is C36H36N2O6. The third-order valence-electron chi connectivity index (χ3n) is 9.78. The summed E-state index contributed by atoms with van der Waals surface area (Å²) in [6.07, 6.45) is 3.15. The van der Waals surface area contributed by atoms with Gasteiger partial charge >= 0.3 is 0 Å². The molecule has 0 saturated carbocycles. The summed E-state index contributed by atoms with van der Waals surface area (Å²) in [5.41, 5.74) is 6.71. The zero-order valence-electron chi connectivity index (χ0n) is 25.5. The maximum atomic E-state index is 11.5. The summed E-state index contributed by atoms with van der Waals surface area (Å²) < 4.78 is 31.3. The standard InChI is InChI=1S/C36H36N2O6/c1-37-13-11-21-17-29-30-19-25(21)26(37)16-23-7-10-28(40-3)34(33(23)39)42-24-8-5-20(6-9-24)15-27-32-22(12-14-38(27)2)18-31(41-4)35(43-29)36(32)44-30/h5-10,17-19,26-27,39H,11-16H2,1-4H3.